The third-order valence-electron chi connectivity index (χ3n) is 7.22. The van der Waals surface area contributed by atoms with E-state index < -0.39 is 0 Å². The van der Waals surface area contributed by atoms with Crippen molar-refractivity contribution in [2.75, 3.05) is 14.2 Å². The van der Waals surface area contributed by atoms with Crippen LogP contribution in [0.2, 0.25) is 0 Å². The average molecular weight is 587 g/mol. The molecule has 6 rings (SSSR count). The molecular weight excluding hydrogens is 556 g/mol. The van der Waals surface area contributed by atoms with E-state index in [0.29, 0.717) is 10.1 Å². The molecule has 2 heterocycles. The van der Waals surface area contributed by atoms with Crippen molar-refractivity contribution in [3.8, 4) is 28.4 Å². The van der Waals surface area contributed by atoms with E-state index in [-0.39, 0.29) is 11.9 Å². The van der Waals surface area contributed by atoms with E-state index in [1.54, 1.807) is 19.1 Å². The van der Waals surface area contributed by atoms with Crippen molar-refractivity contribution < 1.29 is 14.3 Å². The van der Waals surface area contributed by atoms with Crippen LogP contribution in [-0.4, -0.2) is 40.0 Å². The van der Waals surface area contributed by atoms with Gasteiger partial charge in [0.2, 0.25) is 0 Å². The van der Waals surface area contributed by atoms with Gasteiger partial charge in [-0.1, -0.05) is 48.5 Å². The number of rotatable bonds is 8. The fraction of sp³-hybridized carbons (Fsp3) is 0.114. The van der Waals surface area contributed by atoms with Crippen LogP contribution in [0.3, 0.4) is 0 Å². The van der Waals surface area contributed by atoms with Crippen LogP contribution in [0.4, 0.5) is 5.69 Å². The number of methoxy groups -OCH3 is 2. The van der Waals surface area contributed by atoms with Gasteiger partial charge in [0, 0.05) is 17.3 Å². The second kappa shape index (κ2) is 12.4. The quantitative estimate of drug-likeness (QED) is 0.173. The fourth-order valence-electron chi connectivity index (χ4n) is 4.87. The molecule has 8 heteroatoms. The Morgan fingerprint density at radius 2 is 1.42 bits per heavy atom. The van der Waals surface area contributed by atoms with Crippen molar-refractivity contribution in [3.63, 3.8) is 0 Å². The summed E-state index contributed by atoms with van der Waals surface area (Å²) in [6.07, 6.45) is 3.87. The van der Waals surface area contributed by atoms with E-state index in [0.717, 1.165) is 45.3 Å². The first-order valence-electron chi connectivity index (χ1n) is 13.8. The van der Waals surface area contributed by atoms with Gasteiger partial charge in [0.05, 0.1) is 42.2 Å². The van der Waals surface area contributed by atoms with Crippen molar-refractivity contribution >= 4 is 34.6 Å². The maximum Gasteiger partial charge on any atom is 0.267 e. The standard InChI is InChI=1S/C35H30N4O3S/c1-24(25-10-6-4-7-11-25)39-34(40)32(43-35(39)36-28-16-20-31(42-3)21-17-28)22-27-23-38(29-12-8-5-9-13-29)37-33(27)26-14-18-30(41-2)19-15-26/h4-24H,1-3H3/b32-22-,36-35?/t24-/m0/s1. The molecule has 1 aliphatic rings. The first-order chi connectivity index (χ1) is 21.0. The molecule has 0 spiro atoms. The number of hydrogen-bond donors (Lipinski definition) is 0. The molecule has 7 nitrogen and oxygen atoms in total. The Bertz CT molecular complexity index is 1780. The van der Waals surface area contributed by atoms with Crippen molar-refractivity contribution in [1.82, 2.24) is 14.7 Å². The highest BCUT2D eigenvalue weighted by molar-refractivity contribution is 8.18. The summed E-state index contributed by atoms with van der Waals surface area (Å²) < 4.78 is 12.5. The first kappa shape index (κ1) is 28.1. The van der Waals surface area contributed by atoms with Gasteiger partial charge in [-0.05, 0) is 91.0 Å². The van der Waals surface area contributed by atoms with Gasteiger partial charge in [0.15, 0.2) is 5.17 Å². The summed E-state index contributed by atoms with van der Waals surface area (Å²) in [7, 11) is 3.28. The largest absolute Gasteiger partial charge is 0.497 e. The number of benzene rings is 4. The van der Waals surface area contributed by atoms with Crippen LogP contribution >= 0.6 is 11.8 Å². The zero-order valence-electron chi connectivity index (χ0n) is 24.0. The molecule has 1 atom stereocenters. The Hall–Kier alpha value is -5.08. The number of amides is 1. The number of ether oxygens (including phenoxy) is 2. The molecule has 43 heavy (non-hydrogen) atoms. The topological polar surface area (TPSA) is 69.0 Å². The smallest absolute Gasteiger partial charge is 0.267 e. The van der Waals surface area contributed by atoms with E-state index in [1.807, 2.05) is 133 Å². The molecule has 1 amide bonds. The molecule has 214 valence electrons. The van der Waals surface area contributed by atoms with Gasteiger partial charge in [0.1, 0.15) is 11.5 Å². The molecule has 0 unspecified atom stereocenters. The van der Waals surface area contributed by atoms with Crippen LogP contribution in [-0.2, 0) is 4.79 Å². The van der Waals surface area contributed by atoms with Gasteiger partial charge in [-0.2, -0.15) is 5.10 Å². The molecule has 0 radical (unpaired) electrons. The van der Waals surface area contributed by atoms with Crippen molar-refractivity contribution in [2.24, 2.45) is 4.99 Å². The minimum absolute atomic E-state index is 0.109. The molecule has 1 fully saturated rings. The van der Waals surface area contributed by atoms with E-state index in [4.69, 9.17) is 19.6 Å². The highest BCUT2D eigenvalue weighted by atomic mass is 32.2. The Morgan fingerprint density at radius 1 is 0.814 bits per heavy atom. The lowest BCUT2D eigenvalue weighted by molar-refractivity contribution is -0.123. The summed E-state index contributed by atoms with van der Waals surface area (Å²) in [5, 5.41) is 5.54. The second-order valence-corrected chi connectivity index (χ2v) is 10.9. The van der Waals surface area contributed by atoms with Gasteiger partial charge in [-0.25, -0.2) is 9.67 Å². The van der Waals surface area contributed by atoms with Gasteiger partial charge in [0.25, 0.3) is 5.91 Å². The number of amidine groups is 1. The Morgan fingerprint density at radius 3 is 2.05 bits per heavy atom. The zero-order chi connectivity index (χ0) is 29.8. The van der Waals surface area contributed by atoms with Crippen molar-refractivity contribution in [2.45, 2.75) is 13.0 Å². The molecule has 0 saturated carbocycles. The Kier molecular flexibility index (Phi) is 8.11. The summed E-state index contributed by atoms with van der Waals surface area (Å²) >= 11 is 1.36. The summed E-state index contributed by atoms with van der Waals surface area (Å²) in [4.78, 5) is 21.4. The number of aliphatic imine (C=N–C) groups is 1. The third kappa shape index (κ3) is 5.96. The maximum atomic E-state index is 14.1. The maximum absolute atomic E-state index is 14.1. The SMILES string of the molecule is COc1ccc(N=C2S/C(=C\c3cn(-c4ccccc4)nc3-c3ccc(OC)cc3)C(=O)N2[C@@H](C)c2ccccc2)cc1. The second-order valence-electron chi connectivity index (χ2n) is 9.91. The summed E-state index contributed by atoms with van der Waals surface area (Å²) in [6, 6.07) is 35.0. The molecule has 0 N–H and O–H groups in total. The van der Waals surface area contributed by atoms with Crippen LogP contribution in [0.1, 0.15) is 24.1 Å². The summed E-state index contributed by atoms with van der Waals surface area (Å²) in [5.41, 5.74) is 5.18. The highest BCUT2D eigenvalue weighted by Gasteiger charge is 2.37. The molecule has 0 bridgehead atoms. The molecule has 4 aromatic carbocycles. The predicted octanol–water partition coefficient (Wildman–Crippen LogP) is 7.92. The Balaban J connectivity index is 1.44. The van der Waals surface area contributed by atoms with E-state index in [1.165, 1.54) is 11.8 Å². The zero-order valence-corrected chi connectivity index (χ0v) is 24.9. The summed E-state index contributed by atoms with van der Waals surface area (Å²) in [5.74, 6) is 1.40. The molecule has 5 aromatic rings. The highest BCUT2D eigenvalue weighted by Crippen LogP contribution is 2.40. The van der Waals surface area contributed by atoms with Crippen molar-refractivity contribution in [3.05, 3.63) is 131 Å². The lowest BCUT2D eigenvalue weighted by atomic mass is 10.1. The fourth-order valence-corrected chi connectivity index (χ4v) is 5.93. The van der Waals surface area contributed by atoms with Gasteiger partial charge >= 0.3 is 0 Å². The molecule has 1 saturated heterocycles. The molecular formula is C35H30N4O3S. The normalized spacial score (nSPS) is 15.7. The average Bonchev–Trinajstić information content (AvgIpc) is 3.62. The van der Waals surface area contributed by atoms with Crippen LogP contribution < -0.4 is 9.47 Å². The number of thioether (sulfide) groups is 1. The number of carbonyl (C=O) groups excluding carboxylic acids is 1. The van der Waals surface area contributed by atoms with Gasteiger partial charge < -0.3 is 9.47 Å². The monoisotopic (exact) mass is 586 g/mol. The van der Waals surface area contributed by atoms with Crippen LogP contribution in [0.5, 0.6) is 11.5 Å². The number of nitrogens with zero attached hydrogens (tertiary/aromatic N) is 4. The number of aromatic nitrogens is 2. The minimum atomic E-state index is -0.225. The molecule has 1 aliphatic heterocycles. The van der Waals surface area contributed by atoms with E-state index >= 15 is 0 Å². The molecule has 0 aliphatic carbocycles. The molecule has 1 aromatic heterocycles. The third-order valence-corrected chi connectivity index (χ3v) is 8.20. The Labute approximate surface area is 255 Å². The number of para-hydroxylation sites is 1. The summed E-state index contributed by atoms with van der Waals surface area (Å²) in [6.45, 7) is 2.02. The van der Waals surface area contributed by atoms with Gasteiger partial charge in [-0.3, -0.25) is 9.69 Å². The van der Waals surface area contributed by atoms with Crippen LogP contribution in [0.25, 0.3) is 23.0 Å². The lowest BCUT2D eigenvalue weighted by Gasteiger charge is -2.24. The van der Waals surface area contributed by atoms with E-state index in [9.17, 15) is 4.79 Å². The van der Waals surface area contributed by atoms with Crippen molar-refractivity contribution in [1.29, 1.82) is 0 Å². The van der Waals surface area contributed by atoms with Crippen LogP contribution in [0.15, 0.2) is 125 Å². The predicted molar refractivity (Wildman–Crippen MR) is 173 cm³/mol. The van der Waals surface area contributed by atoms with Crippen LogP contribution in [0, 0.1) is 0 Å². The first-order valence-corrected chi connectivity index (χ1v) is 14.7. The number of carbonyl (C=O) groups is 1. The van der Waals surface area contributed by atoms with Gasteiger partial charge in [-0.15, -0.1) is 0 Å². The minimum Gasteiger partial charge on any atom is -0.497 e. The lowest BCUT2D eigenvalue weighted by Crippen LogP contribution is -2.32. The van der Waals surface area contributed by atoms with E-state index in [2.05, 4.69) is 0 Å². The number of hydrogen-bond acceptors (Lipinski definition) is 6.